The molecule has 1 saturated heterocycles. The number of methoxy groups -OCH3 is 1. The molecule has 1 atom stereocenters. The number of carbonyl (C=O) groups excluding carboxylic acids is 1. The second-order valence-corrected chi connectivity index (χ2v) is 4.74. The lowest BCUT2D eigenvalue weighted by Crippen LogP contribution is -2.49. The summed E-state index contributed by atoms with van der Waals surface area (Å²) >= 11 is 0. The van der Waals surface area contributed by atoms with Gasteiger partial charge in [-0.05, 0) is 12.8 Å². The molecule has 2 rings (SSSR count). The molecule has 2 amide bonds. The summed E-state index contributed by atoms with van der Waals surface area (Å²) in [5.74, 6) is -0.509. The molecule has 0 spiro atoms. The number of nitrogens with one attached hydrogen (secondary N) is 1. The average Bonchev–Trinajstić information content (AvgIpc) is 2.50. The highest BCUT2D eigenvalue weighted by atomic mass is 19.1. The predicted octanol–water partition coefficient (Wildman–Crippen LogP) is 0.815. The smallest absolute Gasteiger partial charge is 0.317 e. The van der Waals surface area contributed by atoms with Gasteiger partial charge in [-0.1, -0.05) is 0 Å². The Morgan fingerprint density at radius 2 is 2.29 bits per heavy atom. The molecule has 1 aromatic rings. The molecule has 7 nitrogen and oxygen atoms in total. The standard InChI is InChI=1S/C13H19FN4O3/c1-20-6-4-15-13(19)18-5-2-3-11(9-18)21-12-16-7-10(14)8-17-12/h7-8,11H,2-6,9H2,1H3,(H,15,19). The molecule has 0 aromatic carbocycles. The fourth-order valence-corrected chi connectivity index (χ4v) is 2.10. The van der Waals surface area contributed by atoms with E-state index in [9.17, 15) is 9.18 Å². The highest BCUT2D eigenvalue weighted by Crippen LogP contribution is 2.15. The van der Waals surface area contributed by atoms with Gasteiger partial charge in [-0.15, -0.1) is 0 Å². The molecule has 0 aliphatic carbocycles. The number of nitrogens with zero attached hydrogens (tertiary/aromatic N) is 3. The lowest BCUT2D eigenvalue weighted by molar-refractivity contribution is 0.0927. The van der Waals surface area contributed by atoms with Crippen molar-refractivity contribution in [3.8, 4) is 6.01 Å². The molecule has 2 heterocycles. The Morgan fingerprint density at radius 1 is 1.52 bits per heavy atom. The molecule has 1 aliphatic heterocycles. The molecule has 116 valence electrons. The maximum atomic E-state index is 12.7. The van der Waals surface area contributed by atoms with Crippen molar-refractivity contribution in [2.75, 3.05) is 33.4 Å². The van der Waals surface area contributed by atoms with Gasteiger partial charge >= 0.3 is 12.0 Å². The van der Waals surface area contributed by atoms with Gasteiger partial charge in [0.2, 0.25) is 0 Å². The molecule has 1 aliphatic rings. The number of urea groups is 1. The van der Waals surface area contributed by atoms with Gasteiger partial charge in [0.25, 0.3) is 0 Å². The van der Waals surface area contributed by atoms with Crippen LogP contribution in [0, 0.1) is 5.82 Å². The number of amides is 2. The number of ether oxygens (including phenoxy) is 2. The largest absolute Gasteiger partial charge is 0.458 e. The summed E-state index contributed by atoms with van der Waals surface area (Å²) in [6.07, 6.45) is 3.57. The van der Waals surface area contributed by atoms with Crippen molar-refractivity contribution in [2.45, 2.75) is 18.9 Å². The van der Waals surface area contributed by atoms with Crippen molar-refractivity contribution in [1.82, 2.24) is 20.2 Å². The molecule has 8 heteroatoms. The zero-order valence-electron chi connectivity index (χ0n) is 11.9. The van der Waals surface area contributed by atoms with E-state index in [1.54, 1.807) is 12.0 Å². The van der Waals surface area contributed by atoms with Gasteiger partial charge in [-0.25, -0.2) is 19.2 Å². The van der Waals surface area contributed by atoms with Crippen LogP contribution in [0.25, 0.3) is 0 Å². The van der Waals surface area contributed by atoms with Crippen LogP contribution < -0.4 is 10.1 Å². The second-order valence-electron chi connectivity index (χ2n) is 4.74. The summed E-state index contributed by atoms with van der Waals surface area (Å²) < 4.78 is 23.2. The van der Waals surface area contributed by atoms with Crippen LogP contribution in [-0.4, -0.2) is 60.4 Å². The first-order valence-electron chi connectivity index (χ1n) is 6.85. The van der Waals surface area contributed by atoms with Crippen molar-refractivity contribution < 1.29 is 18.7 Å². The third-order valence-electron chi connectivity index (χ3n) is 3.12. The third kappa shape index (κ3) is 4.82. The quantitative estimate of drug-likeness (QED) is 0.814. The fourth-order valence-electron chi connectivity index (χ4n) is 2.10. The first kappa shape index (κ1) is 15.4. The van der Waals surface area contributed by atoms with Crippen LogP contribution >= 0.6 is 0 Å². The number of carbonyl (C=O) groups is 1. The van der Waals surface area contributed by atoms with Crippen LogP contribution in [0.1, 0.15) is 12.8 Å². The van der Waals surface area contributed by atoms with E-state index in [1.165, 1.54) is 0 Å². The monoisotopic (exact) mass is 298 g/mol. The zero-order valence-corrected chi connectivity index (χ0v) is 11.9. The van der Waals surface area contributed by atoms with E-state index in [2.05, 4.69) is 15.3 Å². The van der Waals surface area contributed by atoms with Gasteiger partial charge < -0.3 is 19.7 Å². The molecule has 0 radical (unpaired) electrons. The molecule has 1 aromatic heterocycles. The molecule has 1 unspecified atom stereocenters. The van der Waals surface area contributed by atoms with E-state index in [0.29, 0.717) is 26.2 Å². The predicted molar refractivity (Wildman–Crippen MR) is 72.5 cm³/mol. The second kappa shape index (κ2) is 7.72. The highest BCUT2D eigenvalue weighted by Gasteiger charge is 2.25. The Kier molecular flexibility index (Phi) is 5.68. The maximum absolute atomic E-state index is 12.7. The third-order valence-corrected chi connectivity index (χ3v) is 3.12. The van der Waals surface area contributed by atoms with E-state index in [4.69, 9.17) is 9.47 Å². The van der Waals surface area contributed by atoms with Crippen LogP contribution in [0.2, 0.25) is 0 Å². The normalized spacial score (nSPS) is 18.4. The van der Waals surface area contributed by atoms with Crippen LogP contribution in [0.5, 0.6) is 6.01 Å². The SMILES string of the molecule is COCCNC(=O)N1CCCC(Oc2ncc(F)cn2)C1. The number of likely N-dealkylation sites (tertiary alicyclic amines) is 1. The molecule has 1 fully saturated rings. The highest BCUT2D eigenvalue weighted by molar-refractivity contribution is 5.74. The Hall–Kier alpha value is -1.96. The summed E-state index contributed by atoms with van der Waals surface area (Å²) in [5, 5.41) is 2.77. The first-order chi connectivity index (χ1) is 10.2. The number of aromatic nitrogens is 2. The number of halogens is 1. The van der Waals surface area contributed by atoms with E-state index < -0.39 is 5.82 Å². The summed E-state index contributed by atoms with van der Waals surface area (Å²) in [6, 6.07) is -0.0107. The lowest BCUT2D eigenvalue weighted by Gasteiger charge is -2.32. The van der Waals surface area contributed by atoms with Gasteiger partial charge in [0.1, 0.15) is 6.10 Å². The van der Waals surface area contributed by atoms with Crippen LogP contribution in [0.15, 0.2) is 12.4 Å². The van der Waals surface area contributed by atoms with Gasteiger partial charge in [0.05, 0.1) is 25.5 Å². The molecule has 0 saturated carbocycles. The Morgan fingerprint density at radius 3 is 3.00 bits per heavy atom. The average molecular weight is 298 g/mol. The van der Waals surface area contributed by atoms with Gasteiger partial charge in [-0.3, -0.25) is 0 Å². The molecular formula is C13H19FN4O3. The molecule has 1 N–H and O–H groups in total. The summed E-state index contributed by atoms with van der Waals surface area (Å²) in [4.78, 5) is 21.1. The molecule has 0 bridgehead atoms. The first-order valence-corrected chi connectivity index (χ1v) is 6.85. The summed E-state index contributed by atoms with van der Waals surface area (Å²) in [5.41, 5.74) is 0. The van der Waals surface area contributed by atoms with Crippen LogP contribution in [-0.2, 0) is 4.74 Å². The van der Waals surface area contributed by atoms with Crippen LogP contribution in [0.4, 0.5) is 9.18 Å². The van der Waals surface area contributed by atoms with Gasteiger partial charge in [0, 0.05) is 20.2 Å². The summed E-state index contributed by atoms with van der Waals surface area (Å²) in [6.45, 7) is 2.09. The Labute approximate surface area is 122 Å². The van der Waals surface area contributed by atoms with E-state index in [0.717, 1.165) is 25.2 Å². The van der Waals surface area contributed by atoms with Crippen molar-refractivity contribution in [1.29, 1.82) is 0 Å². The topological polar surface area (TPSA) is 76.6 Å². The van der Waals surface area contributed by atoms with E-state index in [1.807, 2.05) is 0 Å². The van der Waals surface area contributed by atoms with Crippen molar-refractivity contribution in [3.05, 3.63) is 18.2 Å². The van der Waals surface area contributed by atoms with E-state index >= 15 is 0 Å². The molecule has 21 heavy (non-hydrogen) atoms. The van der Waals surface area contributed by atoms with E-state index in [-0.39, 0.29) is 18.1 Å². The lowest BCUT2D eigenvalue weighted by atomic mass is 10.1. The van der Waals surface area contributed by atoms with Crippen LogP contribution in [0.3, 0.4) is 0 Å². The van der Waals surface area contributed by atoms with Gasteiger partial charge in [0.15, 0.2) is 5.82 Å². The summed E-state index contributed by atoms with van der Waals surface area (Å²) in [7, 11) is 1.58. The number of rotatable bonds is 5. The zero-order chi connectivity index (χ0) is 15.1. The van der Waals surface area contributed by atoms with Crippen molar-refractivity contribution >= 4 is 6.03 Å². The Bertz CT molecular complexity index is 457. The minimum atomic E-state index is -0.509. The number of piperidine rings is 1. The Balaban J connectivity index is 1.82. The number of hydrogen-bond donors (Lipinski definition) is 1. The minimum Gasteiger partial charge on any atom is -0.458 e. The van der Waals surface area contributed by atoms with Gasteiger partial charge in [-0.2, -0.15) is 0 Å². The number of hydrogen-bond acceptors (Lipinski definition) is 5. The molecular weight excluding hydrogens is 279 g/mol. The minimum absolute atomic E-state index is 0.128. The van der Waals surface area contributed by atoms with Crippen molar-refractivity contribution in [3.63, 3.8) is 0 Å². The fraction of sp³-hybridized carbons (Fsp3) is 0.615. The van der Waals surface area contributed by atoms with Crippen molar-refractivity contribution in [2.24, 2.45) is 0 Å². The maximum Gasteiger partial charge on any atom is 0.317 e.